The highest BCUT2D eigenvalue weighted by molar-refractivity contribution is 6.42. The Balaban J connectivity index is 1.21. The molecular weight excluding hydrogens is 581 g/mol. The van der Waals surface area contributed by atoms with Gasteiger partial charge in [0.15, 0.2) is 0 Å². The van der Waals surface area contributed by atoms with Crippen molar-refractivity contribution in [3.63, 3.8) is 0 Å². The molecule has 2 N–H and O–H groups in total. The number of carbonyl (C=O) groups is 2. The van der Waals surface area contributed by atoms with E-state index in [1.165, 1.54) is 0 Å². The van der Waals surface area contributed by atoms with Crippen molar-refractivity contribution in [2.45, 2.75) is 71.1 Å². The maximum atomic E-state index is 13.1. The molecule has 1 aliphatic rings. The second kappa shape index (κ2) is 16.7. The summed E-state index contributed by atoms with van der Waals surface area (Å²) in [6.07, 6.45) is 3.96. The molecule has 3 aromatic rings. The number of benzene rings is 3. The summed E-state index contributed by atoms with van der Waals surface area (Å²) in [4.78, 5) is 27.8. The van der Waals surface area contributed by atoms with Crippen LogP contribution in [-0.4, -0.2) is 48.4 Å². The van der Waals surface area contributed by atoms with Gasteiger partial charge in [-0.1, -0.05) is 85.6 Å². The average Bonchev–Trinajstić information content (AvgIpc) is 3.00. The predicted octanol–water partition coefficient (Wildman–Crippen LogP) is 6.86. The van der Waals surface area contributed by atoms with Crippen molar-refractivity contribution in [3.8, 4) is 5.75 Å². The van der Waals surface area contributed by atoms with Crippen LogP contribution < -0.4 is 15.4 Å². The first-order chi connectivity index (χ1) is 20.7. The van der Waals surface area contributed by atoms with Gasteiger partial charge in [-0.15, -0.1) is 0 Å². The second-order valence-corrected chi connectivity index (χ2v) is 12.5. The van der Waals surface area contributed by atoms with Crippen LogP contribution in [0.4, 0.5) is 0 Å². The first kappa shape index (κ1) is 32.8. The number of aryl methyl sites for hydroxylation is 1. The lowest BCUT2D eigenvalue weighted by molar-refractivity contribution is -0.132. The highest BCUT2D eigenvalue weighted by Crippen LogP contribution is 2.25. The number of piperidine rings is 1. The van der Waals surface area contributed by atoms with E-state index in [0.29, 0.717) is 61.6 Å². The Bertz CT molecular complexity index is 1310. The summed E-state index contributed by atoms with van der Waals surface area (Å²) in [6.45, 7) is 6.82. The van der Waals surface area contributed by atoms with Gasteiger partial charge in [0.2, 0.25) is 11.8 Å². The molecule has 3 aromatic carbocycles. The van der Waals surface area contributed by atoms with Gasteiger partial charge in [-0.2, -0.15) is 0 Å². The molecule has 6 nitrogen and oxygen atoms in total. The number of carbonyl (C=O) groups excluding carboxylic acids is 2. The molecule has 0 saturated carbocycles. The van der Waals surface area contributed by atoms with Gasteiger partial charge in [0, 0.05) is 44.6 Å². The summed E-state index contributed by atoms with van der Waals surface area (Å²) in [6, 6.07) is 24.0. The fraction of sp³-hybridized carbons (Fsp3) is 0.429. The van der Waals surface area contributed by atoms with E-state index >= 15 is 0 Å². The average molecular weight is 625 g/mol. The van der Waals surface area contributed by atoms with Crippen LogP contribution in [0.1, 0.15) is 56.2 Å². The molecule has 43 heavy (non-hydrogen) atoms. The molecule has 0 bridgehead atoms. The molecule has 0 aliphatic carbocycles. The molecule has 1 saturated heterocycles. The normalized spacial score (nSPS) is 14.5. The van der Waals surface area contributed by atoms with Crippen molar-refractivity contribution in [1.82, 2.24) is 15.5 Å². The quantitative estimate of drug-likeness (QED) is 0.206. The van der Waals surface area contributed by atoms with Gasteiger partial charge >= 0.3 is 0 Å². The van der Waals surface area contributed by atoms with Crippen LogP contribution in [0.25, 0.3) is 0 Å². The van der Waals surface area contributed by atoms with Crippen molar-refractivity contribution in [3.05, 3.63) is 99.5 Å². The van der Waals surface area contributed by atoms with E-state index < -0.39 is 0 Å². The van der Waals surface area contributed by atoms with Crippen LogP contribution in [0.15, 0.2) is 72.8 Å². The number of likely N-dealkylation sites (tertiary alicyclic amines) is 1. The van der Waals surface area contributed by atoms with E-state index in [4.69, 9.17) is 27.9 Å². The maximum Gasteiger partial charge on any atom is 0.222 e. The zero-order valence-electron chi connectivity index (χ0n) is 25.2. The second-order valence-electron chi connectivity index (χ2n) is 11.7. The zero-order chi connectivity index (χ0) is 30.6. The highest BCUT2D eigenvalue weighted by Gasteiger charge is 2.25. The molecular formula is C35H43Cl2N3O3. The summed E-state index contributed by atoms with van der Waals surface area (Å²) in [5, 5.41) is 7.78. The minimum Gasteiger partial charge on any atom is -0.489 e. The number of hydrogen-bond acceptors (Lipinski definition) is 4. The van der Waals surface area contributed by atoms with Gasteiger partial charge < -0.3 is 20.3 Å². The van der Waals surface area contributed by atoms with Crippen LogP contribution >= 0.6 is 23.2 Å². The largest absolute Gasteiger partial charge is 0.489 e. The minimum absolute atomic E-state index is 0.0194. The third-order valence-corrected chi connectivity index (χ3v) is 8.58. The third kappa shape index (κ3) is 11.2. The lowest BCUT2D eigenvalue weighted by atomic mass is 9.92. The number of nitrogens with one attached hydrogen (secondary N) is 2. The van der Waals surface area contributed by atoms with Crippen LogP contribution in [0.5, 0.6) is 5.75 Å². The Morgan fingerprint density at radius 1 is 0.907 bits per heavy atom. The minimum atomic E-state index is -0.0194. The zero-order valence-corrected chi connectivity index (χ0v) is 26.7. The fourth-order valence-corrected chi connectivity index (χ4v) is 5.66. The molecule has 1 aliphatic heterocycles. The van der Waals surface area contributed by atoms with E-state index in [0.717, 1.165) is 41.7 Å². The van der Waals surface area contributed by atoms with Gasteiger partial charge in [0.1, 0.15) is 12.4 Å². The smallest absolute Gasteiger partial charge is 0.222 e. The molecule has 0 radical (unpaired) electrons. The van der Waals surface area contributed by atoms with E-state index in [9.17, 15) is 9.59 Å². The first-order valence-corrected chi connectivity index (χ1v) is 16.0. The van der Waals surface area contributed by atoms with Crippen LogP contribution in [0.3, 0.4) is 0 Å². The molecule has 1 atom stereocenters. The maximum absolute atomic E-state index is 13.1. The monoisotopic (exact) mass is 623 g/mol. The number of ether oxygens (including phenoxy) is 1. The Kier molecular flexibility index (Phi) is 12.8. The van der Waals surface area contributed by atoms with Gasteiger partial charge in [-0.3, -0.25) is 9.59 Å². The number of rotatable bonds is 14. The molecule has 2 amide bonds. The summed E-state index contributed by atoms with van der Waals surface area (Å²) in [7, 11) is 0. The summed E-state index contributed by atoms with van der Waals surface area (Å²) in [5.74, 6) is 1.32. The van der Waals surface area contributed by atoms with Crippen molar-refractivity contribution in [2.24, 2.45) is 5.92 Å². The molecule has 230 valence electrons. The molecule has 1 fully saturated rings. The van der Waals surface area contributed by atoms with E-state index in [-0.39, 0.29) is 23.8 Å². The third-order valence-electron chi connectivity index (χ3n) is 7.84. The molecule has 0 spiro atoms. The predicted molar refractivity (Wildman–Crippen MR) is 175 cm³/mol. The standard InChI is InChI=1S/C35H43Cl2N3O3/c1-25(2)38-23-30(20-26-8-12-31(13-9-26)43-24-29-6-4-3-5-7-29)39-34(41)22-28-16-18-40(19-17-28)35(42)15-11-27-10-14-32(36)33(37)21-27/h3-10,12-14,21,25,28,30,38H,11,15-20,22-24H2,1-2H3,(H,39,41). The molecule has 0 aromatic heterocycles. The fourth-order valence-electron chi connectivity index (χ4n) is 5.34. The topological polar surface area (TPSA) is 70.7 Å². The Labute approximate surface area is 266 Å². The lowest BCUT2D eigenvalue weighted by Gasteiger charge is -2.32. The summed E-state index contributed by atoms with van der Waals surface area (Å²) in [5.41, 5.74) is 3.28. The van der Waals surface area contributed by atoms with Crippen LogP contribution in [0.2, 0.25) is 10.0 Å². The lowest BCUT2D eigenvalue weighted by Crippen LogP contribution is -2.46. The summed E-state index contributed by atoms with van der Waals surface area (Å²) >= 11 is 12.1. The van der Waals surface area contributed by atoms with Gasteiger partial charge in [-0.25, -0.2) is 0 Å². The molecule has 4 rings (SSSR count). The summed E-state index contributed by atoms with van der Waals surface area (Å²) < 4.78 is 5.93. The number of amides is 2. The van der Waals surface area contributed by atoms with Crippen molar-refractivity contribution < 1.29 is 14.3 Å². The van der Waals surface area contributed by atoms with Gasteiger partial charge in [-0.05, 0) is 72.6 Å². The first-order valence-electron chi connectivity index (χ1n) is 15.2. The SMILES string of the molecule is CC(C)NCC(Cc1ccc(OCc2ccccc2)cc1)NC(=O)CC1CCN(C(=O)CCc2ccc(Cl)c(Cl)c2)CC1. The molecule has 1 heterocycles. The van der Waals surface area contributed by atoms with Crippen molar-refractivity contribution >= 4 is 35.0 Å². The van der Waals surface area contributed by atoms with Gasteiger partial charge in [0.05, 0.1) is 10.0 Å². The van der Waals surface area contributed by atoms with E-state index in [2.05, 4.69) is 36.6 Å². The Morgan fingerprint density at radius 3 is 2.28 bits per heavy atom. The Morgan fingerprint density at radius 2 is 1.60 bits per heavy atom. The van der Waals surface area contributed by atoms with Crippen molar-refractivity contribution in [2.75, 3.05) is 19.6 Å². The number of hydrogen-bond donors (Lipinski definition) is 2. The highest BCUT2D eigenvalue weighted by atomic mass is 35.5. The molecule has 1 unspecified atom stereocenters. The Hall–Kier alpha value is -3.06. The van der Waals surface area contributed by atoms with E-state index in [1.807, 2.05) is 59.5 Å². The number of nitrogens with zero attached hydrogens (tertiary/aromatic N) is 1. The van der Waals surface area contributed by atoms with Crippen molar-refractivity contribution in [1.29, 1.82) is 0 Å². The molecule has 8 heteroatoms. The number of halogens is 2. The van der Waals surface area contributed by atoms with Crippen LogP contribution in [-0.2, 0) is 29.0 Å². The van der Waals surface area contributed by atoms with E-state index in [1.54, 1.807) is 6.07 Å². The van der Waals surface area contributed by atoms with Crippen LogP contribution in [0, 0.1) is 5.92 Å². The van der Waals surface area contributed by atoms with Gasteiger partial charge in [0.25, 0.3) is 0 Å².